The van der Waals surface area contributed by atoms with Crippen LogP contribution in [0, 0.1) is 6.92 Å². The van der Waals surface area contributed by atoms with Crippen molar-refractivity contribution in [3.63, 3.8) is 0 Å². The number of aromatic nitrogens is 1. The van der Waals surface area contributed by atoms with E-state index in [0.717, 1.165) is 5.01 Å². The number of amides is 1. The van der Waals surface area contributed by atoms with E-state index in [0.29, 0.717) is 17.0 Å². The Balaban J connectivity index is 2.20. The van der Waals surface area contributed by atoms with Crippen LogP contribution < -0.4 is 5.32 Å². The van der Waals surface area contributed by atoms with E-state index in [4.69, 9.17) is 0 Å². The predicted molar refractivity (Wildman–Crippen MR) is 84.7 cm³/mol. The molecule has 0 radical (unpaired) electrons. The smallest absolute Gasteiger partial charge is 0.263 e. The minimum atomic E-state index is -3.04. The largest absolute Gasteiger partial charge is 0.345 e. The molecule has 2 heterocycles. The standard InChI is InChI=1S/C14H22N2O3S2/c1-9-10(20-12(15-9)13(2,3)4)11(17)16-14(5)6-7-21(18,19)8-14/h6-8H2,1-5H3,(H,16,17). The number of carbonyl (C=O) groups excluding carboxylic acids is 1. The first-order valence-corrected chi connectivity index (χ1v) is 9.57. The summed E-state index contributed by atoms with van der Waals surface area (Å²) >= 11 is 1.38. The van der Waals surface area contributed by atoms with E-state index in [-0.39, 0.29) is 22.8 Å². The highest BCUT2D eigenvalue weighted by atomic mass is 32.2. The van der Waals surface area contributed by atoms with E-state index in [1.165, 1.54) is 11.3 Å². The van der Waals surface area contributed by atoms with Crippen LogP contribution in [0.3, 0.4) is 0 Å². The molecule has 1 unspecified atom stereocenters. The highest BCUT2D eigenvalue weighted by molar-refractivity contribution is 7.91. The number of hydrogen-bond acceptors (Lipinski definition) is 5. The Morgan fingerprint density at radius 1 is 1.38 bits per heavy atom. The van der Waals surface area contributed by atoms with Gasteiger partial charge in [-0.2, -0.15) is 0 Å². The molecule has 1 aliphatic heterocycles. The van der Waals surface area contributed by atoms with Crippen LogP contribution in [0.25, 0.3) is 0 Å². The van der Waals surface area contributed by atoms with Gasteiger partial charge in [-0.05, 0) is 20.3 Å². The van der Waals surface area contributed by atoms with E-state index in [1.54, 1.807) is 6.92 Å². The normalized spacial score (nSPS) is 25.0. The van der Waals surface area contributed by atoms with Gasteiger partial charge in [0.1, 0.15) is 4.88 Å². The molecule has 7 heteroatoms. The molecule has 1 fully saturated rings. The summed E-state index contributed by atoms with van der Waals surface area (Å²) in [5, 5.41) is 3.80. The molecular formula is C14H22N2O3S2. The summed E-state index contributed by atoms with van der Waals surface area (Å²) in [6.45, 7) is 9.76. The first kappa shape index (κ1) is 16.4. The number of nitrogens with zero attached hydrogens (tertiary/aromatic N) is 1. The maximum atomic E-state index is 12.4. The van der Waals surface area contributed by atoms with Gasteiger partial charge < -0.3 is 5.32 Å². The molecule has 1 atom stereocenters. The predicted octanol–water partition coefficient (Wildman–Crippen LogP) is 2.06. The molecular weight excluding hydrogens is 308 g/mol. The number of nitrogens with one attached hydrogen (secondary N) is 1. The Labute approximate surface area is 130 Å². The van der Waals surface area contributed by atoms with Gasteiger partial charge in [0, 0.05) is 5.41 Å². The number of thiazole rings is 1. The van der Waals surface area contributed by atoms with E-state index in [1.807, 2.05) is 6.92 Å². The van der Waals surface area contributed by atoms with E-state index in [9.17, 15) is 13.2 Å². The number of hydrogen-bond donors (Lipinski definition) is 1. The summed E-state index contributed by atoms with van der Waals surface area (Å²) in [4.78, 5) is 17.5. The molecule has 0 saturated carbocycles. The van der Waals surface area contributed by atoms with Gasteiger partial charge >= 0.3 is 0 Å². The molecule has 0 aromatic carbocycles. The average molecular weight is 330 g/mol. The molecule has 0 bridgehead atoms. The third kappa shape index (κ3) is 3.63. The van der Waals surface area contributed by atoms with Crippen LogP contribution in [0.15, 0.2) is 0 Å². The monoisotopic (exact) mass is 330 g/mol. The lowest BCUT2D eigenvalue weighted by Crippen LogP contribution is -2.46. The molecule has 21 heavy (non-hydrogen) atoms. The van der Waals surface area contributed by atoms with Gasteiger partial charge in [-0.1, -0.05) is 20.8 Å². The molecule has 118 valence electrons. The van der Waals surface area contributed by atoms with Crippen LogP contribution in [0.1, 0.15) is 54.5 Å². The van der Waals surface area contributed by atoms with Gasteiger partial charge in [-0.25, -0.2) is 13.4 Å². The average Bonchev–Trinajstić information content (AvgIpc) is 2.79. The van der Waals surface area contributed by atoms with Crippen LogP contribution >= 0.6 is 11.3 Å². The number of aryl methyl sites for hydroxylation is 1. The fraction of sp³-hybridized carbons (Fsp3) is 0.714. The topological polar surface area (TPSA) is 76.1 Å². The molecule has 1 amide bonds. The second kappa shape index (κ2) is 5.05. The van der Waals surface area contributed by atoms with E-state index >= 15 is 0 Å². The first-order valence-electron chi connectivity index (χ1n) is 6.93. The van der Waals surface area contributed by atoms with Crippen molar-refractivity contribution in [3.05, 3.63) is 15.6 Å². The summed E-state index contributed by atoms with van der Waals surface area (Å²) in [5.74, 6) is -0.0749. The Bertz CT molecular complexity index is 671. The molecule has 2 rings (SSSR count). The third-order valence-corrected chi connectivity index (χ3v) is 7.05. The highest BCUT2D eigenvalue weighted by Gasteiger charge is 2.40. The van der Waals surface area contributed by atoms with Crippen LogP contribution in [0.5, 0.6) is 0 Å². The second-order valence-corrected chi connectivity index (χ2v) is 10.2. The molecule has 1 aliphatic rings. The Morgan fingerprint density at radius 2 is 2.00 bits per heavy atom. The zero-order valence-electron chi connectivity index (χ0n) is 13.1. The minimum absolute atomic E-state index is 0.00964. The van der Waals surface area contributed by atoms with E-state index < -0.39 is 15.4 Å². The van der Waals surface area contributed by atoms with Gasteiger partial charge in [-0.15, -0.1) is 11.3 Å². The lowest BCUT2D eigenvalue weighted by Gasteiger charge is -2.23. The van der Waals surface area contributed by atoms with Crippen molar-refractivity contribution in [2.45, 2.75) is 52.0 Å². The summed E-state index contributed by atoms with van der Waals surface area (Å²) in [6, 6.07) is 0. The second-order valence-electron chi connectivity index (χ2n) is 7.04. The molecule has 1 aromatic heterocycles. The van der Waals surface area contributed by atoms with E-state index in [2.05, 4.69) is 31.1 Å². The molecule has 0 spiro atoms. The van der Waals surface area contributed by atoms with Crippen molar-refractivity contribution in [2.75, 3.05) is 11.5 Å². The van der Waals surface area contributed by atoms with Gasteiger partial charge in [0.2, 0.25) is 0 Å². The number of sulfone groups is 1. The van der Waals surface area contributed by atoms with Gasteiger partial charge in [0.15, 0.2) is 9.84 Å². The van der Waals surface area contributed by atoms with Gasteiger partial charge in [0.05, 0.1) is 27.7 Å². The van der Waals surface area contributed by atoms with Crippen LogP contribution in [-0.2, 0) is 15.3 Å². The Morgan fingerprint density at radius 3 is 2.43 bits per heavy atom. The summed E-state index contributed by atoms with van der Waals surface area (Å²) in [5.41, 5.74) is -0.0742. The first-order chi connectivity index (χ1) is 9.42. The highest BCUT2D eigenvalue weighted by Crippen LogP contribution is 2.30. The number of carbonyl (C=O) groups is 1. The fourth-order valence-electron chi connectivity index (χ4n) is 2.37. The summed E-state index contributed by atoms with van der Waals surface area (Å²) in [6.07, 6.45) is 0.463. The maximum Gasteiger partial charge on any atom is 0.263 e. The Hall–Kier alpha value is -0.950. The molecule has 1 aromatic rings. The molecule has 1 N–H and O–H groups in total. The van der Waals surface area contributed by atoms with Gasteiger partial charge in [0.25, 0.3) is 5.91 Å². The lowest BCUT2D eigenvalue weighted by atomic mass is 9.98. The summed E-state index contributed by atoms with van der Waals surface area (Å²) < 4.78 is 23.2. The van der Waals surface area contributed by atoms with Crippen molar-refractivity contribution >= 4 is 27.1 Å². The van der Waals surface area contributed by atoms with Gasteiger partial charge in [-0.3, -0.25) is 4.79 Å². The minimum Gasteiger partial charge on any atom is -0.345 e. The molecule has 0 aliphatic carbocycles. The third-order valence-electron chi connectivity index (χ3n) is 3.56. The molecule has 1 saturated heterocycles. The van der Waals surface area contributed by atoms with Crippen molar-refractivity contribution in [1.82, 2.24) is 10.3 Å². The maximum absolute atomic E-state index is 12.4. The van der Waals surface area contributed by atoms with Crippen LogP contribution in [0.4, 0.5) is 0 Å². The quantitative estimate of drug-likeness (QED) is 0.900. The van der Waals surface area contributed by atoms with Crippen molar-refractivity contribution < 1.29 is 13.2 Å². The molecule has 5 nitrogen and oxygen atoms in total. The Kier molecular flexibility index (Phi) is 3.95. The lowest BCUT2D eigenvalue weighted by molar-refractivity contribution is 0.0919. The zero-order valence-corrected chi connectivity index (χ0v) is 14.7. The SMILES string of the molecule is Cc1nc(C(C)(C)C)sc1C(=O)NC1(C)CCS(=O)(=O)C1. The van der Waals surface area contributed by atoms with Crippen molar-refractivity contribution in [1.29, 1.82) is 0 Å². The van der Waals surface area contributed by atoms with Crippen molar-refractivity contribution in [2.24, 2.45) is 0 Å². The van der Waals surface area contributed by atoms with Crippen molar-refractivity contribution in [3.8, 4) is 0 Å². The fourth-order valence-corrected chi connectivity index (χ4v) is 5.48. The zero-order chi connectivity index (χ0) is 16.1. The van der Waals surface area contributed by atoms with Crippen LogP contribution in [-0.4, -0.2) is 36.4 Å². The van der Waals surface area contributed by atoms with Crippen LogP contribution in [0.2, 0.25) is 0 Å². The summed E-state index contributed by atoms with van der Waals surface area (Å²) in [7, 11) is -3.04. The number of rotatable bonds is 2.